The molecule has 0 unspecified atom stereocenters. The van der Waals surface area contributed by atoms with Crippen LogP contribution in [-0.2, 0) is 6.54 Å². The second-order valence-electron chi connectivity index (χ2n) is 3.42. The standard InChI is InChI=1S/C11H10BrClN2O/c12-10-4-2-1-3-9(10)11(16)7-15-6-8(13)5-14-15/h1-6,11,16H,7H2/t11-/m0/s1. The molecule has 1 heterocycles. The van der Waals surface area contributed by atoms with Crippen molar-refractivity contribution in [1.82, 2.24) is 9.78 Å². The summed E-state index contributed by atoms with van der Waals surface area (Å²) in [6.45, 7) is 0.384. The molecule has 0 aliphatic rings. The summed E-state index contributed by atoms with van der Waals surface area (Å²) in [5, 5.41) is 14.6. The van der Waals surface area contributed by atoms with E-state index in [2.05, 4.69) is 21.0 Å². The fraction of sp³-hybridized carbons (Fsp3) is 0.182. The molecule has 0 saturated carbocycles. The van der Waals surface area contributed by atoms with Crippen molar-refractivity contribution in [2.24, 2.45) is 0 Å². The Kier molecular flexibility index (Phi) is 3.63. The molecule has 1 aromatic carbocycles. The first-order valence-electron chi connectivity index (χ1n) is 4.77. The van der Waals surface area contributed by atoms with Crippen LogP contribution in [-0.4, -0.2) is 14.9 Å². The van der Waals surface area contributed by atoms with Crippen LogP contribution < -0.4 is 0 Å². The average molecular weight is 302 g/mol. The van der Waals surface area contributed by atoms with Crippen molar-refractivity contribution in [2.45, 2.75) is 12.6 Å². The lowest BCUT2D eigenvalue weighted by molar-refractivity contribution is 0.151. The molecule has 0 radical (unpaired) electrons. The van der Waals surface area contributed by atoms with E-state index in [4.69, 9.17) is 11.6 Å². The van der Waals surface area contributed by atoms with Gasteiger partial charge in [-0.05, 0) is 11.6 Å². The Morgan fingerprint density at radius 3 is 2.81 bits per heavy atom. The van der Waals surface area contributed by atoms with Crippen LogP contribution in [0.3, 0.4) is 0 Å². The summed E-state index contributed by atoms with van der Waals surface area (Å²) in [5.41, 5.74) is 0.842. The Bertz CT molecular complexity index is 486. The van der Waals surface area contributed by atoms with Gasteiger partial charge in [-0.2, -0.15) is 5.10 Å². The molecule has 0 aliphatic heterocycles. The summed E-state index contributed by atoms with van der Waals surface area (Å²) in [7, 11) is 0. The lowest BCUT2D eigenvalue weighted by Crippen LogP contribution is -2.09. The highest BCUT2D eigenvalue weighted by Gasteiger charge is 2.11. The molecular weight excluding hydrogens is 291 g/mol. The number of hydrogen-bond donors (Lipinski definition) is 1. The van der Waals surface area contributed by atoms with E-state index in [9.17, 15) is 5.11 Å². The van der Waals surface area contributed by atoms with Gasteiger partial charge in [0.25, 0.3) is 0 Å². The highest BCUT2D eigenvalue weighted by molar-refractivity contribution is 9.10. The molecule has 0 spiro atoms. The van der Waals surface area contributed by atoms with Gasteiger partial charge in [0, 0.05) is 10.7 Å². The van der Waals surface area contributed by atoms with E-state index >= 15 is 0 Å². The number of nitrogens with zero attached hydrogens (tertiary/aromatic N) is 2. The molecule has 0 saturated heterocycles. The summed E-state index contributed by atoms with van der Waals surface area (Å²) < 4.78 is 2.51. The number of aliphatic hydroxyl groups excluding tert-OH is 1. The van der Waals surface area contributed by atoms with Crippen LogP contribution in [0.25, 0.3) is 0 Å². The van der Waals surface area contributed by atoms with Crippen LogP contribution >= 0.6 is 27.5 Å². The maximum absolute atomic E-state index is 10.0. The van der Waals surface area contributed by atoms with Crippen molar-refractivity contribution in [3.63, 3.8) is 0 Å². The molecule has 84 valence electrons. The zero-order chi connectivity index (χ0) is 11.5. The zero-order valence-electron chi connectivity index (χ0n) is 8.35. The predicted molar refractivity (Wildman–Crippen MR) is 66.3 cm³/mol. The lowest BCUT2D eigenvalue weighted by atomic mass is 10.1. The molecular formula is C11H10BrClN2O. The van der Waals surface area contributed by atoms with Gasteiger partial charge in [-0.1, -0.05) is 45.7 Å². The second-order valence-corrected chi connectivity index (χ2v) is 4.71. The van der Waals surface area contributed by atoms with E-state index in [1.54, 1.807) is 17.1 Å². The fourth-order valence-electron chi connectivity index (χ4n) is 1.46. The van der Waals surface area contributed by atoms with Gasteiger partial charge in [0.1, 0.15) is 0 Å². The van der Waals surface area contributed by atoms with Crippen LogP contribution in [0.4, 0.5) is 0 Å². The van der Waals surface area contributed by atoms with E-state index in [0.29, 0.717) is 11.6 Å². The second kappa shape index (κ2) is 4.99. The van der Waals surface area contributed by atoms with Gasteiger partial charge in [0.15, 0.2) is 0 Å². The van der Waals surface area contributed by atoms with Crippen molar-refractivity contribution >= 4 is 27.5 Å². The smallest absolute Gasteiger partial charge is 0.0996 e. The first-order valence-corrected chi connectivity index (χ1v) is 5.94. The van der Waals surface area contributed by atoms with Gasteiger partial charge in [-0.25, -0.2) is 0 Å². The zero-order valence-corrected chi connectivity index (χ0v) is 10.7. The number of hydrogen-bond acceptors (Lipinski definition) is 2. The topological polar surface area (TPSA) is 38.0 Å². The molecule has 0 aliphatic carbocycles. The minimum absolute atomic E-state index is 0.384. The van der Waals surface area contributed by atoms with E-state index < -0.39 is 6.10 Å². The van der Waals surface area contributed by atoms with Crippen molar-refractivity contribution in [3.05, 3.63) is 51.7 Å². The predicted octanol–water partition coefficient (Wildman–Crippen LogP) is 3.03. The van der Waals surface area contributed by atoms with E-state index in [1.807, 2.05) is 24.3 Å². The molecule has 16 heavy (non-hydrogen) atoms. The van der Waals surface area contributed by atoms with Gasteiger partial charge in [-0.15, -0.1) is 0 Å². The largest absolute Gasteiger partial charge is 0.386 e. The lowest BCUT2D eigenvalue weighted by Gasteiger charge is -2.12. The number of aromatic nitrogens is 2. The summed E-state index contributed by atoms with van der Waals surface area (Å²) >= 11 is 9.15. The highest BCUT2D eigenvalue weighted by Crippen LogP contribution is 2.24. The van der Waals surface area contributed by atoms with E-state index in [0.717, 1.165) is 10.0 Å². The van der Waals surface area contributed by atoms with Crippen LogP contribution in [0.1, 0.15) is 11.7 Å². The Morgan fingerprint density at radius 2 is 2.19 bits per heavy atom. The van der Waals surface area contributed by atoms with Crippen LogP contribution in [0.2, 0.25) is 5.02 Å². The van der Waals surface area contributed by atoms with Crippen molar-refractivity contribution in [3.8, 4) is 0 Å². The van der Waals surface area contributed by atoms with Crippen molar-refractivity contribution in [1.29, 1.82) is 0 Å². The van der Waals surface area contributed by atoms with Gasteiger partial charge in [-0.3, -0.25) is 4.68 Å². The Balaban J connectivity index is 2.14. The SMILES string of the molecule is O[C@@H](Cn1cc(Cl)cn1)c1ccccc1Br. The third kappa shape index (κ3) is 2.64. The first kappa shape index (κ1) is 11.6. The summed E-state index contributed by atoms with van der Waals surface area (Å²) in [5.74, 6) is 0. The van der Waals surface area contributed by atoms with E-state index in [-0.39, 0.29) is 0 Å². The Hall–Kier alpha value is -0.840. The number of halogens is 2. The molecule has 0 bridgehead atoms. The number of rotatable bonds is 3. The first-order chi connectivity index (χ1) is 7.66. The summed E-state index contributed by atoms with van der Waals surface area (Å²) in [6, 6.07) is 7.57. The summed E-state index contributed by atoms with van der Waals surface area (Å²) in [6.07, 6.45) is 2.63. The Morgan fingerprint density at radius 1 is 1.44 bits per heavy atom. The van der Waals surface area contributed by atoms with Gasteiger partial charge in [0.05, 0.1) is 23.9 Å². The van der Waals surface area contributed by atoms with Crippen LogP contribution in [0.5, 0.6) is 0 Å². The van der Waals surface area contributed by atoms with Gasteiger partial charge in [0.2, 0.25) is 0 Å². The minimum atomic E-state index is -0.605. The third-order valence-corrected chi connectivity index (χ3v) is 3.14. The molecule has 5 heteroatoms. The average Bonchev–Trinajstić information content (AvgIpc) is 2.64. The highest BCUT2D eigenvalue weighted by atomic mass is 79.9. The molecule has 1 aromatic heterocycles. The van der Waals surface area contributed by atoms with Crippen LogP contribution in [0.15, 0.2) is 41.1 Å². The molecule has 1 atom stereocenters. The molecule has 0 amide bonds. The molecule has 2 rings (SSSR count). The van der Waals surface area contributed by atoms with Gasteiger partial charge >= 0.3 is 0 Å². The van der Waals surface area contributed by atoms with Crippen molar-refractivity contribution in [2.75, 3.05) is 0 Å². The number of benzene rings is 1. The van der Waals surface area contributed by atoms with E-state index in [1.165, 1.54) is 0 Å². The third-order valence-electron chi connectivity index (χ3n) is 2.23. The maximum atomic E-state index is 10.0. The Labute approximate surface area is 107 Å². The monoisotopic (exact) mass is 300 g/mol. The van der Waals surface area contributed by atoms with Crippen LogP contribution in [0, 0.1) is 0 Å². The molecule has 1 N–H and O–H groups in total. The molecule has 2 aromatic rings. The molecule has 3 nitrogen and oxygen atoms in total. The number of aliphatic hydroxyl groups is 1. The fourth-order valence-corrected chi connectivity index (χ4v) is 2.16. The van der Waals surface area contributed by atoms with Gasteiger partial charge < -0.3 is 5.11 Å². The maximum Gasteiger partial charge on any atom is 0.0996 e. The summed E-state index contributed by atoms with van der Waals surface area (Å²) in [4.78, 5) is 0. The molecule has 0 fully saturated rings. The normalized spacial score (nSPS) is 12.7. The minimum Gasteiger partial charge on any atom is -0.386 e. The quantitative estimate of drug-likeness (QED) is 0.946. The van der Waals surface area contributed by atoms with Crippen molar-refractivity contribution < 1.29 is 5.11 Å².